The second-order valence-corrected chi connectivity index (χ2v) is 5.99. The van der Waals surface area contributed by atoms with Crippen LogP contribution in [0.1, 0.15) is 44.0 Å². The SMILES string of the molecule is CC(CN1CCOCC1)n1cncc1C1CCCCN1. The van der Waals surface area contributed by atoms with Gasteiger partial charge in [0.05, 0.1) is 25.2 Å². The third kappa shape index (κ3) is 3.22. The smallest absolute Gasteiger partial charge is 0.0951 e. The summed E-state index contributed by atoms with van der Waals surface area (Å²) >= 11 is 0. The van der Waals surface area contributed by atoms with Gasteiger partial charge in [-0.3, -0.25) is 4.90 Å². The number of morpholine rings is 1. The highest BCUT2D eigenvalue weighted by Gasteiger charge is 2.22. The molecule has 0 bridgehead atoms. The van der Waals surface area contributed by atoms with Crippen LogP contribution < -0.4 is 5.32 Å². The van der Waals surface area contributed by atoms with Gasteiger partial charge in [0.2, 0.25) is 0 Å². The van der Waals surface area contributed by atoms with Crippen molar-refractivity contribution in [2.24, 2.45) is 0 Å². The first-order valence-electron chi connectivity index (χ1n) is 7.90. The van der Waals surface area contributed by atoms with Crippen molar-refractivity contribution in [3.63, 3.8) is 0 Å². The van der Waals surface area contributed by atoms with Crippen LogP contribution in [0, 0.1) is 0 Å². The van der Waals surface area contributed by atoms with Gasteiger partial charge in [0.1, 0.15) is 0 Å². The molecule has 0 amide bonds. The van der Waals surface area contributed by atoms with E-state index in [9.17, 15) is 0 Å². The molecule has 1 aromatic rings. The highest BCUT2D eigenvalue weighted by molar-refractivity contribution is 5.07. The number of piperidine rings is 1. The first kappa shape index (κ1) is 14.0. The molecule has 5 nitrogen and oxygen atoms in total. The van der Waals surface area contributed by atoms with Gasteiger partial charge in [-0.2, -0.15) is 0 Å². The third-order valence-electron chi connectivity index (χ3n) is 4.46. The number of aromatic nitrogens is 2. The lowest BCUT2D eigenvalue weighted by Gasteiger charge is -2.31. The van der Waals surface area contributed by atoms with Crippen LogP contribution in [0.25, 0.3) is 0 Å². The Morgan fingerprint density at radius 2 is 2.25 bits per heavy atom. The van der Waals surface area contributed by atoms with Crippen LogP contribution in [0.3, 0.4) is 0 Å². The molecule has 2 unspecified atom stereocenters. The maximum absolute atomic E-state index is 5.42. The Balaban J connectivity index is 1.64. The Labute approximate surface area is 121 Å². The van der Waals surface area contributed by atoms with Crippen LogP contribution in [-0.4, -0.2) is 53.8 Å². The normalized spacial score (nSPS) is 26.6. The van der Waals surface area contributed by atoms with Gasteiger partial charge in [-0.25, -0.2) is 4.98 Å². The second-order valence-electron chi connectivity index (χ2n) is 5.99. The number of hydrogen-bond acceptors (Lipinski definition) is 4. The van der Waals surface area contributed by atoms with E-state index in [1.807, 2.05) is 12.5 Å². The van der Waals surface area contributed by atoms with Gasteiger partial charge in [0.15, 0.2) is 0 Å². The van der Waals surface area contributed by atoms with Crippen molar-refractivity contribution in [3.05, 3.63) is 18.2 Å². The molecule has 2 aliphatic heterocycles. The number of imidazole rings is 1. The Morgan fingerprint density at radius 3 is 3.00 bits per heavy atom. The summed E-state index contributed by atoms with van der Waals surface area (Å²) in [5, 5.41) is 3.63. The molecule has 0 aromatic carbocycles. The van der Waals surface area contributed by atoms with Crippen molar-refractivity contribution < 1.29 is 4.74 Å². The van der Waals surface area contributed by atoms with Crippen LogP contribution >= 0.6 is 0 Å². The lowest BCUT2D eigenvalue weighted by atomic mass is 10.0. The molecule has 2 aliphatic rings. The average Bonchev–Trinajstić information content (AvgIpc) is 2.99. The lowest BCUT2D eigenvalue weighted by molar-refractivity contribution is 0.0323. The van der Waals surface area contributed by atoms with Crippen molar-refractivity contribution in [2.45, 2.75) is 38.3 Å². The van der Waals surface area contributed by atoms with E-state index in [1.165, 1.54) is 25.0 Å². The topological polar surface area (TPSA) is 42.3 Å². The van der Waals surface area contributed by atoms with Crippen molar-refractivity contribution in [1.29, 1.82) is 0 Å². The minimum absolute atomic E-state index is 0.467. The molecule has 0 saturated carbocycles. The van der Waals surface area contributed by atoms with Crippen LogP contribution in [0.5, 0.6) is 0 Å². The molecular formula is C15H26N4O. The van der Waals surface area contributed by atoms with Crippen LogP contribution in [0.15, 0.2) is 12.5 Å². The largest absolute Gasteiger partial charge is 0.379 e. The fraction of sp³-hybridized carbons (Fsp3) is 0.800. The van der Waals surface area contributed by atoms with E-state index < -0.39 is 0 Å². The van der Waals surface area contributed by atoms with E-state index >= 15 is 0 Å². The fourth-order valence-corrected chi connectivity index (χ4v) is 3.30. The zero-order valence-corrected chi connectivity index (χ0v) is 12.4. The van der Waals surface area contributed by atoms with Crippen molar-refractivity contribution in [3.8, 4) is 0 Å². The molecule has 1 aromatic heterocycles. The third-order valence-corrected chi connectivity index (χ3v) is 4.46. The van der Waals surface area contributed by atoms with Crippen LogP contribution in [0.4, 0.5) is 0 Å². The molecule has 112 valence electrons. The number of rotatable bonds is 4. The molecule has 3 heterocycles. The molecule has 20 heavy (non-hydrogen) atoms. The van der Waals surface area contributed by atoms with E-state index in [-0.39, 0.29) is 0 Å². The summed E-state index contributed by atoms with van der Waals surface area (Å²) in [7, 11) is 0. The van der Waals surface area contributed by atoms with Gasteiger partial charge in [0.25, 0.3) is 0 Å². The number of ether oxygens (including phenoxy) is 1. The lowest BCUT2D eigenvalue weighted by Crippen LogP contribution is -2.39. The molecule has 3 rings (SSSR count). The van der Waals surface area contributed by atoms with Crippen molar-refractivity contribution in [1.82, 2.24) is 19.8 Å². The first-order chi connectivity index (χ1) is 9.84. The number of nitrogens with one attached hydrogen (secondary N) is 1. The van der Waals surface area contributed by atoms with Gasteiger partial charge in [-0.1, -0.05) is 6.42 Å². The molecule has 0 aliphatic carbocycles. The summed E-state index contributed by atoms with van der Waals surface area (Å²) in [4.78, 5) is 6.88. The quantitative estimate of drug-likeness (QED) is 0.908. The Bertz CT molecular complexity index is 408. The summed E-state index contributed by atoms with van der Waals surface area (Å²) in [6, 6.07) is 0.952. The molecule has 0 spiro atoms. The zero-order chi connectivity index (χ0) is 13.8. The molecule has 2 atom stereocenters. The standard InChI is InChI=1S/C15H26N4O/c1-13(11-18-6-8-20-9-7-18)19-12-16-10-15(19)14-4-2-3-5-17-14/h10,12-14,17H,2-9,11H2,1H3. The monoisotopic (exact) mass is 278 g/mol. The Hall–Kier alpha value is -0.910. The molecular weight excluding hydrogens is 252 g/mol. The summed E-state index contributed by atoms with van der Waals surface area (Å²) in [6.07, 6.45) is 7.89. The molecule has 0 radical (unpaired) electrons. The van der Waals surface area contributed by atoms with Crippen molar-refractivity contribution >= 4 is 0 Å². The van der Waals surface area contributed by atoms with Gasteiger partial charge in [0, 0.05) is 37.9 Å². The minimum atomic E-state index is 0.467. The fourth-order valence-electron chi connectivity index (χ4n) is 3.30. The van der Waals surface area contributed by atoms with Gasteiger partial charge < -0.3 is 14.6 Å². The van der Waals surface area contributed by atoms with E-state index in [4.69, 9.17) is 4.74 Å². The Morgan fingerprint density at radius 1 is 1.40 bits per heavy atom. The molecule has 2 fully saturated rings. The maximum atomic E-state index is 5.42. The summed E-state index contributed by atoms with van der Waals surface area (Å²) in [6.45, 7) is 8.35. The van der Waals surface area contributed by atoms with E-state index in [2.05, 4.69) is 26.7 Å². The highest BCUT2D eigenvalue weighted by Crippen LogP contribution is 2.25. The van der Waals surface area contributed by atoms with E-state index in [0.717, 1.165) is 39.4 Å². The predicted molar refractivity (Wildman–Crippen MR) is 78.8 cm³/mol. The zero-order valence-electron chi connectivity index (χ0n) is 12.4. The summed E-state index contributed by atoms with van der Waals surface area (Å²) in [5.41, 5.74) is 1.35. The Kier molecular flexibility index (Phi) is 4.70. The predicted octanol–water partition coefficient (Wildman–Crippen LogP) is 1.59. The molecule has 2 saturated heterocycles. The van der Waals surface area contributed by atoms with Crippen molar-refractivity contribution in [2.75, 3.05) is 39.4 Å². The summed E-state index contributed by atoms with van der Waals surface area (Å²) in [5.74, 6) is 0. The summed E-state index contributed by atoms with van der Waals surface area (Å²) < 4.78 is 7.78. The minimum Gasteiger partial charge on any atom is -0.379 e. The first-order valence-corrected chi connectivity index (χ1v) is 7.90. The number of nitrogens with zero attached hydrogens (tertiary/aromatic N) is 3. The van der Waals surface area contributed by atoms with Gasteiger partial charge in [-0.15, -0.1) is 0 Å². The van der Waals surface area contributed by atoms with E-state index in [1.54, 1.807) is 0 Å². The maximum Gasteiger partial charge on any atom is 0.0951 e. The second kappa shape index (κ2) is 6.70. The molecule has 1 N–H and O–H groups in total. The molecule has 5 heteroatoms. The highest BCUT2D eigenvalue weighted by atomic mass is 16.5. The average molecular weight is 278 g/mol. The van der Waals surface area contributed by atoms with E-state index in [0.29, 0.717) is 12.1 Å². The van der Waals surface area contributed by atoms with Crippen LogP contribution in [0.2, 0.25) is 0 Å². The van der Waals surface area contributed by atoms with Gasteiger partial charge >= 0.3 is 0 Å². The number of hydrogen-bond donors (Lipinski definition) is 1. The van der Waals surface area contributed by atoms with Crippen LogP contribution in [-0.2, 0) is 4.74 Å². The van der Waals surface area contributed by atoms with Gasteiger partial charge in [-0.05, 0) is 26.3 Å².